The van der Waals surface area contributed by atoms with Crippen LogP contribution in [-0.2, 0) is 4.74 Å². The highest BCUT2D eigenvalue weighted by atomic mass is 19.1. The molecule has 0 aliphatic heterocycles. The lowest BCUT2D eigenvalue weighted by Gasteiger charge is -2.23. The summed E-state index contributed by atoms with van der Waals surface area (Å²) in [4.78, 5) is 23.9. The van der Waals surface area contributed by atoms with Crippen molar-refractivity contribution in [1.29, 1.82) is 0 Å². The zero-order valence-electron chi connectivity index (χ0n) is 15.1. The Hall–Kier alpha value is -2.89. The normalized spacial score (nSPS) is 11.7. The van der Waals surface area contributed by atoms with Crippen LogP contribution >= 0.6 is 0 Å². The van der Waals surface area contributed by atoms with Crippen molar-refractivity contribution < 1.29 is 18.7 Å². The molecule has 0 heterocycles. The molecular weight excluding hydrogens is 335 g/mol. The first-order valence-corrected chi connectivity index (χ1v) is 8.51. The van der Waals surface area contributed by atoms with Gasteiger partial charge < -0.3 is 10.1 Å². The Bertz CT molecular complexity index is 743. The molecule has 2 amide bonds. The Balaban J connectivity index is 2.07. The van der Waals surface area contributed by atoms with Crippen LogP contribution in [0.15, 0.2) is 48.5 Å². The number of anilines is 1. The predicted octanol–water partition coefficient (Wildman–Crippen LogP) is 4.52. The maximum Gasteiger partial charge on any atom is 0.411 e. The Labute approximate surface area is 152 Å². The van der Waals surface area contributed by atoms with Crippen LogP contribution in [-0.4, -0.2) is 18.6 Å². The van der Waals surface area contributed by atoms with E-state index in [1.165, 1.54) is 12.1 Å². The Morgan fingerprint density at radius 1 is 1.04 bits per heavy atom. The maximum atomic E-state index is 13.1. The van der Waals surface area contributed by atoms with Crippen molar-refractivity contribution in [2.75, 3.05) is 11.9 Å². The highest BCUT2D eigenvalue weighted by Crippen LogP contribution is 2.22. The number of benzene rings is 2. The van der Waals surface area contributed by atoms with Crippen molar-refractivity contribution >= 4 is 17.7 Å². The molecule has 0 aliphatic rings. The van der Waals surface area contributed by atoms with E-state index in [-0.39, 0.29) is 30.3 Å². The number of amides is 2. The zero-order valence-corrected chi connectivity index (χ0v) is 15.1. The van der Waals surface area contributed by atoms with E-state index in [4.69, 9.17) is 4.74 Å². The summed E-state index contributed by atoms with van der Waals surface area (Å²) in [6, 6.07) is 12.4. The molecule has 0 aliphatic carbocycles. The van der Waals surface area contributed by atoms with Gasteiger partial charge >= 0.3 is 6.09 Å². The standard InChI is InChI=1S/C20H23FN2O3/c1-4-26-20(25)22-17-11-7-15(8-12-17)19(24)23-18(13(2)3)14-5-9-16(21)10-6-14/h5-13,18H,4H2,1-3H3,(H,22,25)(H,23,24). The fourth-order valence-electron chi connectivity index (χ4n) is 2.52. The summed E-state index contributed by atoms with van der Waals surface area (Å²) in [5.74, 6) is -0.419. The minimum atomic E-state index is -0.541. The summed E-state index contributed by atoms with van der Waals surface area (Å²) in [7, 11) is 0. The van der Waals surface area contributed by atoms with Crippen molar-refractivity contribution in [2.24, 2.45) is 5.92 Å². The van der Waals surface area contributed by atoms with Crippen LogP contribution in [0.1, 0.15) is 42.7 Å². The molecule has 5 nitrogen and oxygen atoms in total. The molecule has 0 fully saturated rings. The van der Waals surface area contributed by atoms with Gasteiger partial charge in [-0.2, -0.15) is 0 Å². The van der Waals surface area contributed by atoms with E-state index >= 15 is 0 Å². The summed E-state index contributed by atoms with van der Waals surface area (Å²) in [6.45, 7) is 5.98. The molecule has 2 N–H and O–H groups in total. The number of carbonyl (C=O) groups excluding carboxylic acids is 2. The fourth-order valence-corrected chi connectivity index (χ4v) is 2.52. The zero-order chi connectivity index (χ0) is 19.1. The van der Waals surface area contributed by atoms with Gasteiger partial charge in [0.25, 0.3) is 5.91 Å². The Kier molecular flexibility index (Phi) is 6.72. The number of nitrogens with one attached hydrogen (secondary N) is 2. The van der Waals surface area contributed by atoms with Gasteiger partial charge in [0.05, 0.1) is 12.6 Å². The van der Waals surface area contributed by atoms with Crippen LogP contribution in [0.2, 0.25) is 0 Å². The molecule has 26 heavy (non-hydrogen) atoms. The number of carbonyl (C=O) groups is 2. The molecule has 2 rings (SSSR count). The Morgan fingerprint density at radius 2 is 1.65 bits per heavy atom. The minimum Gasteiger partial charge on any atom is -0.450 e. The summed E-state index contributed by atoms with van der Waals surface area (Å²) < 4.78 is 17.9. The molecule has 0 bridgehead atoms. The average Bonchev–Trinajstić information content (AvgIpc) is 2.61. The van der Waals surface area contributed by atoms with Gasteiger partial charge in [0.1, 0.15) is 5.82 Å². The molecule has 2 aromatic carbocycles. The van der Waals surface area contributed by atoms with Crippen LogP contribution in [0.5, 0.6) is 0 Å². The first-order valence-electron chi connectivity index (χ1n) is 8.51. The van der Waals surface area contributed by atoms with Crippen LogP contribution in [0.3, 0.4) is 0 Å². The molecule has 0 spiro atoms. The predicted molar refractivity (Wildman–Crippen MR) is 98.5 cm³/mol. The number of ether oxygens (including phenoxy) is 1. The van der Waals surface area contributed by atoms with E-state index in [0.717, 1.165) is 5.56 Å². The highest BCUT2D eigenvalue weighted by molar-refractivity contribution is 5.95. The highest BCUT2D eigenvalue weighted by Gasteiger charge is 2.19. The molecule has 138 valence electrons. The molecule has 0 aromatic heterocycles. The second kappa shape index (κ2) is 8.99. The van der Waals surface area contributed by atoms with Crippen LogP contribution in [0.4, 0.5) is 14.9 Å². The van der Waals surface area contributed by atoms with Crippen LogP contribution in [0.25, 0.3) is 0 Å². The lowest BCUT2D eigenvalue weighted by Crippen LogP contribution is -2.31. The quantitative estimate of drug-likeness (QED) is 0.798. The third-order valence-electron chi connectivity index (χ3n) is 3.85. The van der Waals surface area contributed by atoms with Gasteiger partial charge in [-0.05, 0) is 54.8 Å². The third kappa shape index (κ3) is 5.31. The van der Waals surface area contributed by atoms with Gasteiger partial charge in [0.2, 0.25) is 0 Å². The van der Waals surface area contributed by atoms with Crippen LogP contribution < -0.4 is 10.6 Å². The molecule has 1 unspecified atom stereocenters. The summed E-state index contributed by atoms with van der Waals surface area (Å²) >= 11 is 0. The first kappa shape index (κ1) is 19.4. The van der Waals surface area contributed by atoms with Crippen molar-refractivity contribution in [1.82, 2.24) is 5.32 Å². The molecule has 0 saturated heterocycles. The molecule has 0 saturated carbocycles. The second-order valence-corrected chi connectivity index (χ2v) is 6.17. The third-order valence-corrected chi connectivity index (χ3v) is 3.85. The first-order chi connectivity index (χ1) is 12.4. The summed E-state index contributed by atoms with van der Waals surface area (Å²) in [5, 5.41) is 5.55. The van der Waals surface area contributed by atoms with Crippen molar-refractivity contribution in [3.63, 3.8) is 0 Å². The van der Waals surface area contributed by atoms with Gasteiger partial charge in [-0.15, -0.1) is 0 Å². The number of halogens is 1. The molecule has 0 radical (unpaired) electrons. The Morgan fingerprint density at radius 3 is 2.19 bits per heavy atom. The maximum absolute atomic E-state index is 13.1. The molecule has 6 heteroatoms. The van der Waals surface area contributed by atoms with Crippen molar-refractivity contribution in [2.45, 2.75) is 26.8 Å². The van der Waals surface area contributed by atoms with Crippen LogP contribution in [0, 0.1) is 11.7 Å². The van der Waals surface area contributed by atoms with Gasteiger partial charge in [-0.1, -0.05) is 26.0 Å². The lowest BCUT2D eigenvalue weighted by molar-refractivity contribution is 0.0925. The number of hydrogen-bond donors (Lipinski definition) is 2. The van der Waals surface area contributed by atoms with Gasteiger partial charge in [0, 0.05) is 11.3 Å². The van der Waals surface area contributed by atoms with E-state index in [0.29, 0.717) is 11.3 Å². The molecule has 1 atom stereocenters. The van der Waals surface area contributed by atoms with E-state index in [1.54, 1.807) is 43.3 Å². The monoisotopic (exact) mass is 358 g/mol. The smallest absolute Gasteiger partial charge is 0.411 e. The van der Waals surface area contributed by atoms with E-state index in [9.17, 15) is 14.0 Å². The van der Waals surface area contributed by atoms with Crippen molar-refractivity contribution in [3.05, 3.63) is 65.5 Å². The minimum absolute atomic E-state index is 0.133. The fraction of sp³-hybridized carbons (Fsp3) is 0.300. The molecule has 2 aromatic rings. The van der Waals surface area contributed by atoms with E-state index < -0.39 is 6.09 Å². The second-order valence-electron chi connectivity index (χ2n) is 6.17. The largest absolute Gasteiger partial charge is 0.450 e. The SMILES string of the molecule is CCOC(=O)Nc1ccc(C(=O)NC(c2ccc(F)cc2)C(C)C)cc1. The molecular formula is C20H23FN2O3. The van der Waals surface area contributed by atoms with Gasteiger partial charge in [-0.25, -0.2) is 9.18 Å². The van der Waals surface area contributed by atoms with E-state index in [1.807, 2.05) is 13.8 Å². The van der Waals surface area contributed by atoms with Crippen molar-refractivity contribution in [3.8, 4) is 0 Å². The summed E-state index contributed by atoms with van der Waals surface area (Å²) in [5.41, 5.74) is 1.85. The number of rotatable bonds is 6. The lowest BCUT2D eigenvalue weighted by atomic mass is 9.95. The average molecular weight is 358 g/mol. The van der Waals surface area contributed by atoms with E-state index in [2.05, 4.69) is 10.6 Å². The summed E-state index contributed by atoms with van der Waals surface area (Å²) in [6.07, 6.45) is -0.541. The topological polar surface area (TPSA) is 67.4 Å². The van der Waals surface area contributed by atoms with Gasteiger partial charge in [-0.3, -0.25) is 10.1 Å². The van der Waals surface area contributed by atoms with Gasteiger partial charge in [0.15, 0.2) is 0 Å². The number of hydrogen-bond acceptors (Lipinski definition) is 3.